The van der Waals surface area contributed by atoms with Crippen molar-refractivity contribution < 1.29 is 9.90 Å². The molecule has 0 spiro atoms. The molecule has 3 rings (SSSR count). The first-order valence-corrected chi connectivity index (χ1v) is 7.59. The first-order chi connectivity index (χ1) is 10.6. The van der Waals surface area contributed by atoms with Gasteiger partial charge in [-0.1, -0.05) is 31.2 Å². The second-order valence-corrected chi connectivity index (χ2v) is 5.66. The van der Waals surface area contributed by atoms with Crippen LogP contribution in [0.4, 0.5) is 5.69 Å². The Labute approximate surface area is 130 Å². The molecule has 2 N–H and O–H groups in total. The van der Waals surface area contributed by atoms with Gasteiger partial charge in [0.05, 0.1) is 5.56 Å². The van der Waals surface area contributed by atoms with E-state index in [-0.39, 0.29) is 23.9 Å². The molecule has 4 nitrogen and oxygen atoms in total. The molecule has 0 aromatic heterocycles. The van der Waals surface area contributed by atoms with Crippen molar-refractivity contribution in [2.24, 2.45) is 0 Å². The van der Waals surface area contributed by atoms with E-state index in [1.807, 2.05) is 42.2 Å². The zero-order chi connectivity index (χ0) is 15.7. The second kappa shape index (κ2) is 5.72. The van der Waals surface area contributed by atoms with Gasteiger partial charge in [0, 0.05) is 11.7 Å². The number of nitrogens with zero attached hydrogens (tertiary/aromatic N) is 1. The predicted molar refractivity (Wildman–Crippen MR) is 86.8 cm³/mol. The summed E-state index contributed by atoms with van der Waals surface area (Å²) in [5.41, 5.74) is 2.41. The van der Waals surface area contributed by atoms with Crippen molar-refractivity contribution in [1.29, 1.82) is 0 Å². The van der Waals surface area contributed by atoms with Gasteiger partial charge in [0.1, 0.15) is 11.9 Å². The molecule has 2 aromatic carbocycles. The summed E-state index contributed by atoms with van der Waals surface area (Å²) in [4.78, 5) is 14.8. The van der Waals surface area contributed by atoms with Gasteiger partial charge in [-0.25, -0.2) is 0 Å². The molecule has 1 aliphatic heterocycles. The van der Waals surface area contributed by atoms with Gasteiger partial charge in [0.25, 0.3) is 5.91 Å². The lowest BCUT2D eigenvalue weighted by Gasteiger charge is -2.41. The topological polar surface area (TPSA) is 52.6 Å². The van der Waals surface area contributed by atoms with Crippen LogP contribution in [0.25, 0.3) is 0 Å². The maximum absolute atomic E-state index is 12.9. The molecule has 0 aliphatic carbocycles. The lowest BCUT2D eigenvalue weighted by Crippen LogP contribution is -2.47. The van der Waals surface area contributed by atoms with Crippen molar-refractivity contribution in [1.82, 2.24) is 4.90 Å². The number of nitrogens with one attached hydrogen (secondary N) is 1. The molecule has 1 heterocycles. The minimum atomic E-state index is -0.274. The fourth-order valence-electron chi connectivity index (χ4n) is 2.86. The Balaban J connectivity index is 2.09. The lowest BCUT2D eigenvalue weighted by molar-refractivity contribution is 0.0593. The Morgan fingerprint density at radius 2 is 2.00 bits per heavy atom. The van der Waals surface area contributed by atoms with Gasteiger partial charge in [-0.05, 0) is 43.2 Å². The van der Waals surface area contributed by atoms with E-state index in [0.29, 0.717) is 5.56 Å². The minimum absolute atomic E-state index is 0.0250. The molecular weight excluding hydrogens is 276 g/mol. The number of amides is 1. The van der Waals surface area contributed by atoms with Crippen molar-refractivity contribution in [3.05, 3.63) is 59.7 Å². The summed E-state index contributed by atoms with van der Waals surface area (Å²) in [6.45, 7) is 4.11. The third-order valence-electron chi connectivity index (χ3n) is 4.21. The van der Waals surface area contributed by atoms with Crippen molar-refractivity contribution >= 4 is 11.6 Å². The smallest absolute Gasteiger partial charge is 0.258 e. The molecule has 1 amide bonds. The van der Waals surface area contributed by atoms with E-state index in [2.05, 4.69) is 12.2 Å². The van der Waals surface area contributed by atoms with E-state index in [1.54, 1.807) is 18.2 Å². The van der Waals surface area contributed by atoms with Gasteiger partial charge in [0.15, 0.2) is 0 Å². The molecule has 0 saturated heterocycles. The van der Waals surface area contributed by atoms with Gasteiger partial charge >= 0.3 is 0 Å². The number of fused-ring (bicyclic) bond motifs is 1. The number of carbonyl (C=O) groups is 1. The van der Waals surface area contributed by atoms with Crippen molar-refractivity contribution in [3.63, 3.8) is 0 Å². The summed E-state index contributed by atoms with van der Waals surface area (Å²) in [5, 5.41) is 13.2. The van der Waals surface area contributed by atoms with Crippen LogP contribution in [0, 0.1) is 0 Å². The first kappa shape index (κ1) is 14.4. The maximum Gasteiger partial charge on any atom is 0.258 e. The highest BCUT2D eigenvalue weighted by atomic mass is 16.3. The number of rotatable bonds is 3. The van der Waals surface area contributed by atoms with Crippen LogP contribution in [-0.4, -0.2) is 22.0 Å². The molecule has 0 saturated carbocycles. The van der Waals surface area contributed by atoms with Crippen LogP contribution in [0.2, 0.25) is 0 Å². The maximum atomic E-state index is 12.9. The van der Waals surface area contributed by atoms with Gasteiger partial charge in [0.2, 0.25) is 0 Å². The molecular formula is C18H20N2O2. The number of hydrogen-bond acceptors (Lipinski definition) is 3. The van der Waals surface area contributed by atoms with Crippen molar-refractivity contribution in [3.8, 4) is 5.75 Å². The molecule has 114 valence electrons. The molecule has 4 heteroatoms. The van der Waals surface area contributed by atoms with E-state index in [4.69, 9.17) is 0 Å². The Morgan fingerprint density at radius 3 is 2.73 bits per heavy atom. The molecule has 0 unspecified atom stereocenters. The fourth-order valence-corrected chi connectivity index (χ4v) is 2.86. The molecule has 1 aliphatic rings. The van der Waals surface area contributed by atoms with Gasteiger partial charge in [-0.3, -0.25) is 4.79 Å². The quantitative estimate of drug-likeness (QED) is 0.906. The predicted octanol–water partition coefficient (Wildman–Crippen LogP) is 3.76. The van der Waals surface area contributed by atoms with Crippen LogP contribution in [0.5, 0.6) is 5.75 Å². The highest BCUT2D eigenvalue weighted by Crippen LogP contribution is 2.35. The zero-order valence-electron chi connectivity index (χ0n) is 12.8. The number of para-hydroxylation sites is 1. The van der Waals surface area contributed by atoms with E-state index < -0.39 is 0 Å². The SMILES string of the molecule is CC[C@@H](C)N1C(=O)c2ccccc2N[C@@H]1c1cccc(O)c1. The Morgan fingerprint density at radius 1 is 1.23 bits per heavy atom. The molecule has 2 aromatic rings. The standard InChI is InChI=1S/C18H20N2O2/c1-3-12(2)20-17(13-7-6-8-14(21)11-13)19-16-10-5-4-9-15(16)18(20)22/h4-12,17,19,21H,3H2,1-2H3/t12-,17+/m1/s1. The van der Waals surface area contributed by atoms with Crippen LogP contribution >= 0.6 is 0 Å². The third-order valence-corrected chi connectivity index (χ3v) is 4.21. The molecule has 22 heavy (non-hydrogen) atoms. The number of hydrogen-bond donors (Lipinski definition) is 2. The summed E-state index contributed by atoms with van der Waals surface area (Å²) in [6, 6.07) is 14.7. The third kappa shape index (κ3) is 2.41. The van der Waals surface area contributed by atoms with Crippen LogP contribution in [0.1, 0.15) is 42.4 Å². The van der Waals surface area contributed by atoms with E-state index >= 15 is 0 Å². The average Bonchev–Trinajstić information content (AvgIpc) is 2.54. The Bertz CT molecular complexity index is 699. The van der Waals surface area contributed by atoms with E-state index in [0.717, 1.165) is 17.7 Å². The highest BCUT2D eigenvalue weighted by Gasteiger charge is 2.35. The summed E-state index contributed by atoms with van der Waals surface area (Å²) in [7, 11) is 0. The largest absolute Gasteiger partial charge is 0.508 e. The zero-order valence-corrected chi connectivity index (χ0v) is 12.8. The highest BCUT2D eigenvalue weighted by molar-refractivity contribution is 6.01. The number of aromatic hydroxyl groups is 1. The number of anilines is 1. The molecule has 0 fully saturated rings. The lowest BCUT2D eigenvalue weighted by atomic mass is 10.0. The van der Waals surface area contributed by atoms with Crippen LogP contribution < -0.4 is 5.32 Å². The summed E-state index contributed by atoms with van der Waals surface area (Å²) >= 11 is 0. The van der Waals surface area contributed by atoms with E-state index in [1.165, 1.54) is 0 Å². The second-order valence-electron chi connectivity index (χ2n) is 5.66. The average molecular weight is 296 g/mol. The fraction of sp³-hybridized carbons (Fsp3) is 0.278. The summed E-state index contributed by atoms with van der Waals surface area (Å²) < 4.78 is 0. The van der Waals surface area contributed by atoms with Crippen LogP contribution in [-0.2, 0) is 0 Å². The number of carbonyl (C=O) groups excluding carboxylic acids is 1. The Hall–Kier alpha value is -2.49. The van der Waals surface area contributed by atoms with Crippen LogP contribution in [0.3, 0.4) is 0 Å². The molecule has 0 bridgehead atoms. The number of benzene rings is 2. The Kier molecular flexibility index (Phi) is 3.75. The van der Waals surface area contributed by atoms with E-state index in [9.17, 15) is 9.90 Å². The van der Waals surface area contributed by atoms with Crippen LogP contribution in [0.15, 0.2) is 48.5 Å². The van der Waals surface area contributed by atoms with Gasteiger partial charge in [-0.2, -0.15) is 0 Å². The first-order valence-electron chi connectivity index (χ1n) is 7.59. The summed E-state index contributed by atoms with van der Waals surface area (Å²) in [5.74, 6) is 0.228. The summed E-state index contributed by atoms with van der Waals surface area (Å²) in [6.07, 6.45) is 0.592. The molecule has 0 radical (unpaired) electrons. The minimum Gasteiger partial charge on any atom is -0.508 e. The van der Waals surface area contributed by atoms with Gasteiger partial charge < -0.3 is 15.3 Å². The monoisotopic (exact) mass is 296 g/mol. The normalized spacial score (nSPS) is 18.5. The number of phenolic OH excluding ortho intramolecular Hbond substituents is 1. The molecule has 2 atom stereocenters. The van der Waals surface area contributed by atoms with Gasteiger partial charge in [-0.15, -0.1) is 0 Å². The van der Waals surface area contributed by atoms with Crippen molar-refractivity contribution in [2.75, 3.05) is 5.32 Å². The van der Waals surface area contributed by atoms with Crippen molar-refractivity contribution in [2.45, 2.75) is 32.5 Å². The number of phenols is 1.